The van der Waals surface area contributed by atoms with Crippen LogP contribution in [0.1, 0.15) is 123 Å². The number of hydrogen-bond acceptors (Lipinski definition) is 3. The Kier molecular flexibility index (Phi) is 22.7. The molecule has 180 valence electrons. The van der Waals surface area contributed by atoms with Gasteiger partial charge in [0.25, 0.3) is 0 Å². The molecule has 1 atom stereocenters. The van der Waals surface area contributed by atoms with Gasteiger partial charge in [0.1, 0.15) is 0 Å². The van der Waals surface area contributed by atoms with Gasteiger partial charge in [0.05, 0.1) is 14.5 Å². The molecule has 0 aromatic rings. The Bertz CT molecular complexity index is 342. The van der Waals surface area contributed by atoms with Gasteiger partial charge in [-0.1, -0.05) is 104 Å². The minimum atomic E-state index is -1.53. The third kappa shape index (κ3) is 21.5. The molecule has 0 aliphatic heterocycles. The van der Waals surface area contributed by atoms with Crippen LogP contribution in [0.5, 0.6) is 0 Å². The Balaban J connectivity index is 4.19. The van der Waals surface area contributed by atoms with Gasteiger partial charge in [-0.3, -0.25) is 8.37 Å². The highest BCUT2D eigenvalue weighted by molar-refractivity contribution is 8.24. The van der Waals surface area contributed by atoms with Crippen molar-refractivity contribution in [3.8, 4) is 0 Å². The molecule has 5 heteroatoms. The molecule has 3 nitrogen and oxygen atoms in total. The van der Waals surface area contributed by atoms with E-state index in [4.69, 9.17) is 20.9 Å². The second kappa shape index (κ2) is 22.5. The van der Waals surface area contributed by atoms with Crippen molar-refractivity contribution in [2.75, 3.05) is 25.7 Å². The lowest BCUT2D eigenvalue weighted by Crippen LogP contribution is -2.21. The number of hydrogen-bond donors (Lipinski definition) is 0. The predicted octanol–water partition coefficient (Wildman–Crippen LogP) is 8.51. The lowest BCUT2D eigenvalue weighted by molar-refractivity contribution is -0.0843. The summed E-state index contributed by atoms with van der Waals surface area (Å²) in [5.74, 6) is 0. The van der Waals surface area contributed by atoms with Crippen LogP contribution < -0.4 is 0 Å². The van der Waals surface area contributed by atoms with Gasteiger partial charge in [0, 0.05) is 25.5 Å². The molecule has 0 N–H and O–H groups in total. The maximum atomic E-state index is 6.36. The van der Waals surface area contributed by atoms with Crippen LogP contribution in [0.3, 0.4) is 0 Å². The van der Waals surface area contributed by atoms with E-state index in [9.17, 15) is 0 Å². The van der Waals surface area contributed by atoms with E-state index in [1.54, 1.807) is 0 Å². The molecule has 0 spiro atoms. The summed E-state index contributed by atoms with van der Waals surface area (Å²) >= 11 is 0. The van der Waals surface area contributed by atoms with Crippen molar-refractivity contribution >= 4 is 18.4 Å². The van der Waals surface area contributed by atoms with Gasteiger partial charge in [-0.25, -0.2) is 0 Å². The van der Waals surface area contributed by atoms with Crippen molar-refractivity contribution in [1.29, 1.82) is 0 Å². The molecule has 0 aliphatic rings. The molecule has 0 rings (SSSR count). The first kappa shape index (κ1) is 30.3. The molecule has 30 heavy (non-hydrogen) atoms. The number of unbranched alkanes of at least 4 members (excludes halogenated alkanes) is 13. The molecule has 0 aromatic heterocycles. The van der Waals surface area contributed by atoms with E-state index in [0.29, 0.717) is 0 Å². The van der Waals surface area contributed by atoms with Crippen molar-refractivity contribution in [3.63, 3.8) is 0 Å². The van der Waals surface area contributed by atoms with Crippen LogP contribution in [0, 0.1) is 0 Å². The summed E-state index contributed by atoms with van der Waals surface area (Å²) in [5.41, 5.74) is 0. The SMILES string of the molecule is [B]CCCCCCOS(C)(C)OC(CCCCCCCC)OCCCCCCCC. The minimum absolute atomic E-state index is 0.117. The normalized spacial score (nSPS) is 13.6. The molecule has 0 amide bonds. The fraction of sp³-hybridized carbons (Fsp3) is 1.00. The van der Waals surface area contributed by atoms with Crippen LogP contribution in [0.4, 0.5) is 0 Å². The summed E-state index contributed by atoms with van der Waals surface area (Å²) in [7, 11) is 4.03. The predicted molar refractivity (Wildman–Crippen MR) is 137 cm³/mol. The van der Waals surface area contributed by atoms with Gasteiger partial charge < -0.3 is 4.74 Å². The Hall–Kier alpha value is 0.295. The van der Waals surface area contributed by atoms with Gasteiger partial charge >= 0.3 is 0 Å². The standard InChI is InChI=1S/C25H53BO3S/c1-5-7-9-11-13-17-21-25(27-23-19-15-12-10-8-6-2)29-30(3,4)28-24-20-16-14-18-22-26/h25H,5-24H2,1-4H3. The first-order valence-electron chi connectivity index (χ1n) is 12.9. The van der Waals surface area contributed by atoms with Gasteiger partial charge in [-0.2, -0.15) is 10.6 Å². The zero-order chi connectivity index (χ0) is 22.3. The highest BCUT2D eigenvalue weighted by atomic mass is 32.3. The van der Waals surface area contributed by atoms with Crippen molar-refractivity contribution in [1.82, 2.24) is 0 Å². The van der Waals surface area contributed by atoms with E-state index in [0.717, 1.165) is 45.2 Å². The summed E-state index contributed by atoms with van der Waals surface area (Å²) < 4.78 is 18.7. The maximum Gasteiger partial charge on any atom is 0.180 e. The van der Waals surface area contributed by atoms with Gasteiger partial charge in [0.15, 0.2) is 6.29 Å². The molecule has 0 bridgehead atoms. The quantitative estimate of drug-likeness (QED) is 0.0848. The molecular formula is C25H53BO3S. The zero-order valence-electron chi connectivity index (χ0n) is 20.9. The molecule has 0 saturated heterocycles. The Morgan fingerprint density at radius 3 is 1.73 bits per heavy atom. The van der Waals surface area contributed by atoms with Crippen molar-refractivity contribution < 1.29 is 13.1 Å². The Morgan fingerprint density at radius 1 is 0.633 bits per heavy atom. The molecule has 0 saturated carbocycles. The third-order valence-electron chi connectivity index (χ3n) is 5.40. The maximum absolute atomic E-state index is 6.36. The first-order valence-corrected chi connectivity index (χ1v) is 15.2. The van der Waals surface area contributed by atoms with E-state index >= 15 is 0 Å². The summed E-state index contributed by atoms with van der Waals surface area (Å²) in [6.45, 7) is 6.11. The van der Waals surface area contributed by atoms with Crippen molar-refractivity contribution in [2.45, 2.75) is 136 Å². The summed E-state index contributed by atoms with van der Waals surface area (Å²) in [6, 6.07) is 0. The molecule has 0 heterocycles. The highest BCUT2D eigenvalue weighted by Crippen LogP contribution is 2.44. The average molecular weight is 445 g/mol. The molecule has 2 radical (unpaired) electrons. The van der Waals surface area contributed by atoms with Crippen LogP contribution >= 0.6 is 10.6 Å². The highest BCUT2D eigenvalue weighted by Gasteiger charge is 2.18. The molecule has 0 fully saturated rings. The third-order valence-corrected chi connectivity index (χ3v) is 6.81. The van der Waals surface area contributed by atoms with E-state index in [1.165, 1.54) is 83.5 Å². The smallest absolute Gasteiger partial charge is 0.180 e. The van der Waals surface area contributed by atoms with Crippen LogP contribution in [0.2, 0.25) is 6.32 Å². The van der Waals surface area contributed by atoms with Gasteiger partial charge in [0.2, 0.25) is 0 Å². The number of ether oxygens (including phenoxy) is 1. The minimum Gasteiger partial charge on any atom is -0.351 e. The Morgan fingerprint density at radius 2 is 1.13 bits per heavy atom. The second-order valence-corrected chi connectivity index (χ2v) is 11.6. The molecule has 0 aromatic carbocycles. The molecular weight excluding hydrogens is 391 g/mol. The van der Waals surface area contributed by atoms with Crippen LogP contribution in [-0.2, 0) is 13.1 Å². The topological polar surface area (TPSA) is 27.7 Å². The molecule has 1 unspecified atom stereocenters. The fourth-order valence-corrected chi connectivity index (χ4v) is 4.74. The van der Waals surface area contributed by atoms with Crippen LogP contribution in [0.15, 0.2) is 0 Å². The Labute approximate surface area is 192 Å². The second-order valence-electron chi connectivity index (χ2n) is 8.89. The van der Waals surface area contributed by atoms with Crippen molar-refractivity contribution in [2.24, 2.45) is 0 Å². The largest absolute Gasteiger partial charge is 0.351 e. The van der Waals surface area contributed by atoms with E-state index in [1.807, 2.05) is 0 Å². The summed E-state index contributed by atoms with van der Waals surface area (Å²) in [5, 5.41) is 0. The van der Waals surface area contributed by atoms with Gasteiger partial charge in [-0.05, 0) is 19.3 Å². The summed E-state index contributed by atoms with van der Waals surface area (Å²) in [6.07, 6.45) is 26.0. The van der Waals surface area contributed by atoms with E-state index < -0.39 is 10.6 Å². The van der Waals surface area contributed by atoms with Crippen LogP contribution in [-0.4, -0.2) is 39.9 Å². The first-order chi connectivity index (χ1) is 14.6. The number of rotatable bonds is 24. The monoisotopic (exact) mass is 444 g/mol. The van der Waals surface area contributed by atoms with Crippen molar-refractivity contribution in [3.05, 3.63) is 0 Å². The summed E-state index contributed by atoms with van der Waals surface area (Å²) in [4.78, 5) is 0. The van der Waals surface area contributed by atoms with E-state index in [2.05, 4.69) is 26.4 Å². The average Bonchev–Trinajstić information content (AvgIpc) is 2.72. The zero-order valence-corrected chi connectivity index (χ0v) is 21.7. The van der Waals surface area contributed by atoms with Crippen LogP contribution in [0.25, 0.3) is 0 Å². The van der Waals surface area contributed by atoms with Gasteiger partial charge in [-0.15, -0.1) is 0 Å². The molecule has 0 aliphatic carbocycles. The lowest BCUT2D eigenvalue weighted by atomic mass is 9.99. The lowest BCUT2D eigenvalue weighted by Gasteiger charge is -2.38. The van der Waals surface area contributed by atoms with E-state index in [-0.39, 0.29) is 6.29 Å². The fourth-order valence-electron chi connectivity index (χ4n) is 3.49.